The van der Waals surface area contributed by atoms with Gasteiger partial charge in [0.2, 0.25) is 5.95 Å². The minimum Gasteiger partial charge on any atom is -0.494 e. The summed E-state index contributed by atoms with van der Waals surface area (Å²) in [7, 11) is 3.07. The van der Waals surface area contributed by atoms with Gasteiger partial charge < -0.3 is 4.74 Å². The molecule has 0 fully saturated rings. The highest BCUT2D eigenvalue weighted by molar-refractivity contribution is 5.80. The van der Waals surface area contributed by atoms with Crippen LogP contribution in [-0.4, -0.2) is 31.5 Å². The number of benzene rings is 2. The van der Waals surface area contributed by atoms with E-state index < -0.39 is 11.2 Å². The monoisotopic (exact) mass is 460 g/mol. The van der Waals surface area contributed by atoms with E-state index in [2.05, 4.69) is 27.6 Å². The summed E-state index contributed by atoms with van der Waals surface area (Å²) >= 11 is 0. The first kappa shape index (κ1) is 23.0. The maximum absolute atomic E-state index is 13.1. The van der Waals surface area contributed by atoms with Crippen molar-refractivity contribution in [2.75, 3.05) is 12.0 Å². The molecule has 176 valence electrons. The number of hydrazone groups is 1. The molecule has 2 heterocycles. The van der Waals surface area contributed by atoms with E-state index in [0.717, 1.165) is 32.6 Å². The summed E-state index contributed by atoms with van der Waals surface area (Å²) in [6, 6.07) is 13.7. The van der Waals surface area contributed by atoms with Crippen molar-refractivity contribution in [1.29, 1.82) is 0 Å². The summed E-state index contributed by atoms with van der Waals surface area (Å²) in [4.78, 5) is 30.1. The second-order valence-corrected chi connectivity index (χ2v) is 8.20. The van der Waals surface area contributed by atoms with Crippen LogP contribution in [0.2, 0.25) is 0 Å². The van der Waals surface area contributed by atoms with Gasteiger partial charge in [-0.2, -0.15) is 10.1 Å². The molecule has 0 aliphatic heterocycles. The van der Waals surface area contributed by atoms with Crippen molar-refractivity contribution in [2.24, 2.45) is 19.2 Å². The number of imidazole rings is 1. The third-order valence-electron chi connectivity index (χ3n) is 5.75. The van der Waals surface area contributed by atoms with Crippen molar-refractivity contribution >= 4 is 23.3 Å². The predicted octanol–water partition coefficient (Wildman–Crippen LogP) is 2.94. The highest BCUT2D eigenvalue weighted by atomic mass is 16.5. The molecule has 1 N–H and O–H groups in total. The van der Waals surface area contributed by atoms with Crippen LogP contribution in [0.4, 0.5) is 5.95 Å². The van der Waals surface area contributed by atoms with Crippen molar-refractivity contribution < 1.29 is 4.74 Å². The first-order valence-electron chi connectivity index (χ1n) is 11.0. The first-order chi connectivity index (χ1) is 16.3. The second kappa shape index (κ2) is 9.38. The minimum atomic E-state index is -0.432. The lowest BCUT2D eigenvalue weighted by molar-refractivity contribution is 0.340. The Morgan fingerprint density at radius 2 is 1.79 bits per heavy atom. The molecule has 9 nitrogen and oxygen atoms in total. The molecule has 0 saturated carbocycles. The van der Waals surface area contributed by atoms with Gasteiger partial charge in [0.1, 0.15) is 5.75 Å². The van der Waals surface area contributed by atoms with E-state index in [9.17, 15) is 9.59 Å². The number of aromatic nitrogens is 4. The van der Waals surface area contributed by atoms with Gasteiger partial charge in [-0.05, 0) is 61.7 Å². The smallest absolute Gasteiger partial charge is 0.332 e. The highest BCUT2D eigenvalue weighted by Gasteiger charge is 2.19. The molecule has 2 aromatic carbocycles. The number of hydrogen-bond donors (Lipinski definition) is 1. The third kappa shape index (κ3) is 4.36. The summed E-state index contributed by atoms with van der Waals surface area (Å²) in [5.41, 5.74) is 6.91. The Kier molecular flexibility index (Phi) is 6.36. The lowest BCUT2D eigenvalue weighted by Crippen LogP contribution is -2.37. The topological polar surface area (TPSA) is 95.4 Å². The summed E-state index contributed by atoms with van der Waals surface area (Å²) in [5.74, 6) is 1.16. The summed E-state index contributed by atoms with van der Waals surface area (Å²) in [6.07, 6.45) is 1.66. The Morgan fingerprint density at radius 3 is 2.50 bits per heavy atom. The third-order valence-corrected chi connectivity index (χ3v) is 5.75. The number of hydrogen-bond acceptors (Lipinski definition) is 6. The van der Waals surface area contributed by atoms with Crippen LogP contribution in [0.3, 0.4) is 0 Å². The van der Waals surface area contributed by atoms with E-state index in [1.165, 1.54) is 11.6 Å². The van der Waals surface area contributed by atoms with Gasteiger partial charge in [-0.15, -0.1) is 0 Å². The van der Waals surface area contributed by atoms with Gasteiger partial charge in [0.25, 0.3) is 5.56 Å². The lowest BCUT2D eigenvalue weighted by atomic mass is 10.1. The summed E-state index contributed by atoms with van der Waals surface area (Å²) in [5, 5.41) is 4.33. The van der Waals surface area contributed by atoms with Crippen molar-refractivity contribution in [3.63, 3.8) is 0 Å². The van der Waals surface area contributed by atoms with E-state index in [4.69, 9.17) is 4.74 Å². The van der Waals surface area contributed by atoms with Crippen LogP contribution in [0.1, 0.15) is 29.2 Å². The van der Waals surface area contributed by atoms with Crippen LogP contribution in [0, 0.1) is 13.8 Å². The van der Waals surface area contributed by atoms with E-state index in [1.54, 1.807) is 17.8 Å². The van der Waals surface area contributed by atoms with Gasteiger partial charge in [-0.25, -0.2) is 10.2 Å². The van der Waals surface area contributed by atoms with Gasteiger partial charge in [0.15, 0.2) is 11.2 Å². The van der Waals surface area contributed by atoms with Crippen LogP contribution >= 0.6 is 0 Å². The maximum atomic E-state index is 13.1. The molecule has 0 radical (unpaired) electrons. The van der Waals surface area contributed by atoms with Gasteiger partial charge in [0, 0.05) is 14.1 Å². The average Bonchev–Trinajstić information content (AvgIpc) is 3.18. The molecule has 4 rings (SSSR count). The van der Waals surface area contributed by atoms with Crippen LogP contribution in [0.5, 0.6) is 5.75 Å². The molecule has 0 amide bonds. The number of anilines is 1. The standard InChI is InChI=1S/C25H28N6O3/c1-6-34-20-11-9-18(10-12-20)14-26-28-24-27-22-21(23(32)30(5)25(33)29(22)4)31(24)15-19-13-16(2)7-8-17(19)3/h7-14H,6,15H2,1-5H3,(H,27,28)/b26-14+. The van der Waals surface area contributed by atoms with Crippen molar-refractivity contribution in [2.45, 2.75) is 27.3 Å². The molecular formula is C25H28N6O3. The first-order valence-corrected chi connectivity index (χ1v) is 11.0. The van der Waals surface area contributed by atoms with Crippen LogP contribution in [0.15, 0.2) is 57.2 Å². The maximum Gasteiger partial charge on any atom is 0.332 e. The lowest BCUT2D eigenvalue weighted by Gasteiger charge is -2.12. The van der Waals surface area contributed by atoms with Crippen LogP contribution in [0.25, 0.3) is 11.2 Å². The summed E-state index contributed by atoms with van der Waals surface area (Å²) in [6.45, 7) is 7.00. The fraction of sp³-hybridized carbons (Fsp3) is 0.280. The second-order valence-electron chi connectivity index (χ2n) is 8.20. The average molecular weight is 461 g/mol. The molecule has 0 saturated heterocycles. The molecular weight excluding hydrogens is 432 g/mol. The molecule has 4 aromatic rings. The Bertz CT molecular complexity index is 1490. The molecule has 2 aromatic heterocycles. The Morgan fingerprint density at radius 1 is 1.06 bits per heavy atom. The normalized spacial score (nSPS) is 11.4. The fourth-order valence-corrected chi connectivity index (χ4v) is 3.81. The number of nitrogens with zero attached hydrogens (tertiary/aromatic N) is 5. The Hall–Kier alpha value is -4.14. The number of rotatable bonds is 7. The van der Waals surface area contributed by atoms with E-state index >= 15 is 0 Å². The van der Waals surface area contributed by atoms with Crippen molar-refractivity contribution in [1.82, 2.24) is 18.7 Å². The molecule has 0 bridgehead atoms. The molecule has 0 unspecified atom stereocenters. The summed E-state index contributed by atoms with van der Waals surface area (Å²) < 4.78 is 9.71. The van der Waals surface area contributed by atoms with E-state index in [1.807, 2.05) is 51.1 Å². The molecule has 0 aliphatic carbocycles. The molecule has 0 atom stereocenters. The number of aryl methyl sites for hydroxylation is 3. The van der Waals surface area contributed by atoms with Gasteiger partial charge in [-0.1, -0.05) is 23.8 Å². The van der Waals surface area contributed by atoms with Crippen LogP contribution < -0.4 is 21.4 Å². The van der Waals surface area contributed by atoms with Crippen molar-refractivity contribution in [3.8, 4) is 5.75 Å². The molecule has 0 aliphatic rings. The highest BCUT2D eigenvalue weighted by Crippen LogP contribution is 2.20. The number of fused-ring (bicyclic) bond motifs is 1. The fourth-order valence-electron chi connectivity index (χ4n) is 3.81. The van der Waals surface area contributed by atoms with Gasteiger partial charge >= 0.3 is 5.69 Å². The van der Waals surface area contributed by atoms with Crippen molar-refractivity contribution in [3.05, 3.63) is 85.6 Å². The zero-order chi connectivity index (χ0) is 24.4. The predicted molar refractivity (Wildman–Crippen MR) is 134 cm³/mol. The molecule has 0 spiro atoms. The van der Waals surface area contributed by atoms with E-state index in [0.29, 0.717) is 30.3 Å². The molecule has 9 heteroatoms. The number of ether oxygens (including phenoxy) is 1. The SMILES string of the molecule is CCOc1ccc(/C=N/Nc2nc3c(c(=O)n(C)c(=O)n3C)n2Cc2cc(C)ccc2C)cc1. The number of nitrogens with one attached hydrogen (secondary N) is 1. The van der Waals surface area contributed by atoms with Crippen LogP contribution in [-0.2, 0) is 20.6 Å². The van der Waals surface area contributed by atoms with E-state index in [-0.39, 0.29) is 0 Å². The quantitative estimate of drug-likeness (QED) is 0.338. The zero-order valence-electron chi connectivity index (χ0n) is 20.0. The van der Waals surface area contributed by atoms with Gasteiger partial charge in [0.05, 0.1) is 19.4 Å². The minimum absolute atomic E-state index is 0.303. The largest absolute Gasteiger partial charge is 0.494 e. The Labute approximate surface area is 196 Å². The Balaban J connectivity index is 1.77. The molecule has 34 heavy (non-hydrogen) atoms. The zero-order valence-corrected chi connectivity index (χ0v) is 20.0. The van der Waals surface area contributed by atoms with Gasteiger partial charge in [-0.3, -0.25) is 18.5 Å².